The van der Waals surface area contributed by atoms with Gasteiger partial charge in [0.25, 0.3) is 0 Å². The minimum Gasteiger partial charge on any atom is -0.497 e. The van der Waals surface area contributed by atoms with E-state index in [1.165, 1.54) is 25.7 Å². The molecule has 0 aliphatic heterocycles. The smallest absolute Gasteiger partial charge is 0.227 e. The molecule has 0 radical (unpaired) electrons. The molecule has 3 nitrogen and oxygen atoms in total. The summed E-state index contributed by atoms with van der Waals surface area (Å²) < 4.78 is 12.4. The molecule has 0 N–H and O–H groups in total. The number of hydrogen-bond acceptors (Lipinski definition) is 3. The van der Waals surface area contributed by atoms with Gasteiger partial charge in [0.2, 0.25) is 5.89 Å². The van der Waals surface area contributed by atoms with E-state index in [0.717, 1.165) is 20.8 Å². The van der Waals surface area contributed by atoms with Crippen molar-refractivity contribution in [2.45, 2.75) is 38.5 Å². The topological polar surface area (TPSA) is 35.3 Å². The monoisotopic (exact) mass is 397 g/mol. The van der Waals surface area contributed by atoms with Crippen LogP contribution in [0.5, 0.6) is 5.75 Å². The molecule has 1 fully saturated rings. The highest BCUT2D eigenvalue weighted by Gasteiger charge is 2.29. The van der Waals surface area contributed by atoms with Crippen LogP contribution in [0.2, 0.25) is 0 Å². The minimum absolute atomic E-state index is 0.512. The first-order valence-corrected chi connectivity index (χ1v) is 8.57. The predicted octanol–water partition coefficient (Wildman–Crippen LogP) is 5.25. The number of oxazole rings is 1. The highest BCUT2D eigenvalue weighted by Crippen LogP contribution is 2.40. The molecule has 1 aliphatic carbocycles. The third kappa shape index (κ3) is 3.10. The Bertz CT molecular complexity index is 623. The van der Waals surface area contributed by atoms with E-state index in [0.29, 0.717) is 17.7 Å². The first-order valence-electron chi connectivity index (χ1n) is 7.49. The van der Waals surface area contributed by atoms with Crippen LogP contribution in [0, 0.1) is 9.62 Å². The summed E-state index contributed by atoms with van der Waals surface area (Å²) in [5, 5.41) is 0. The normalized spacial score (nSPS) is 22.2. The van der Waals surface area contributed by atoms with Gasteiger partial charge in [0.15, 0.2) is 0 Å². The molecule has 1 heterocycles. The van der Waals surface area contributed by atoms with Gasteiger partial charge in [-0.25, -0.2) is 4.98 Å². The van der Waals surface area contributed by atoms with E-state index >= 15 is 0 Å². The number of halogens is 1. The molecule has 21 heavy (non-hydrogen) atoms. The quantitative estimate of drug-likeness (QED) is 0.664. The van der Waals surface area contributed by atoms with Crippen LogP contribution in [0.15, 0.2) is 28.7 Å². The number of aromatic nitrogens is 1. The molecule has 0 spiro atoms. The fourth-order valence-corrected chi connectivity index (χ4v) is 3.86. The first kappa shape index (κ1) is 14.9. The average molecular weight is 397 g/mol. The molecule has 0 amide bonds. The van der Waals surface area contributed by atoms with Crippen molar-refractivity contribution in [2.75, 3.05) is 7.11 Å². The number of benzene rings is 1. The Balaban J connectivity index is 1.93. The fraction of sp³-hybridized carbons (Fsp3) is 0.471. The van der Waals surface area contributed by atoms with E-state index < -0.39 is 0 Å². The van der Waals surface area contributed by atoms with Gasteiger partial charge in [-0.05, 0) is 53.1 Å². The molecule has 4 heteroatoms. The fourth-order valence-electron chi connectivity index (χ4n) is 3.13. The molecule has 1 aromatic carbocycles. The third-order valence-electron chi connectivity index (χ3n) is 4.37. The van der Waals surface area contributed by atoms with Crippen LogP contribution in [-0.2, 0) is 0 Å². The van der Waals surface area contributed by atoms with Gasteiger partial charge in [0, 0.05) is 11.5 Å². The van der Waals surface area contributed by atoms with Crippen molar-refractivity contribution in [3.05, 3.63) is 33.7 Å². The van der Waals surface area contributed by atoms with Crippen LogP contribution >= 0.6 is 22.6 Å². The van der Waals surface area contributed by atoms with Crippen LogP contribution in [0.25, 0.3) is 11.5 Å². The second kappa shape index (κ2) is 6.38. The van der Waals surface area contributed by atoms with Gasteiger partial charge in [-0.3, -0.25) is 0 Å². The van der Waals surface area contributed by atoms with Crippen molar-refractivity contribution in [1.82, 2.24) is 4.98 Å². The first-order chi connectivity index (χ1) is 10.2. The molecule has 112 valence electrons. The zero-order chi connectivity index (χ0) is 14.8. The Morgan fingerprint density at radius 2 is 2.10 bits per heavy atom. The maximum atomic E-state index is 6.14. The highest BCUT2D eigenvalue weighted by molar-refractivity contribution is 14.1. The summed E-state index contributed by atoms with van der Waals surface area (Å²) in [5.41, 5.74) is 0.974. The Kier molecular flexibility index (Phi) is 4.52. The summed E-state index contributed by atoms with van der Waals surface area (Å²) in [6.07, 6.45) is 5.13. The number of hydrogen-bond donors (Lipinski definition) is 0. The average Bonchev–Trinajstić information content (AvgIpc) is 2.90. The molecule has 3 rings (SSSR count). The molecule has 0 bridgehead atoms. The van der Waals surface area contributed by atoms with Gasteiger partial charge in [-0.1, -0.05) is 32.3 Å². The maximum absolute atomic E-state index is 6.14. The summed E-state index contributed by atoms with van der Waals surface area (Å²) in [6, 6.07) is 7.88. The highest BCUT2D eigenvalue weighted by atomic mass is 127. The number of ether oxygens (including phenoxy) is 1. The van der Waals surface area contributed by atoms with Gasteiger partial charge >= 0.3 is 0 Å². The lowest BCUT2D eigenvalue weighted by molar-refractivity contribution is 0.291. The number of rotatable bonds is 3. The molecular formula is C17H20INO2. The Labute approximate surface area is 139 Å². The van der Waals surface area contributed by atoms with Crippen molar-refractivity contribution in [3.63, 3.8) is 0 Å². The van der Waals surface area contributed by atoms with Crippen molar-refractivity contribution in [2.24, 2.45) is 5.92 Å². The molecule has 2 aromatic rings. The minimum atomic E-state index is 0.512. The largest absolute Gasteiger partial charge is 0.497 e. The second-order valence-corrected chi connectivity index (χ2v) is 6.80. The second-order valence-electron chi connectivity index (χ2n) is 5.77. The van der Waals surface area contributed by atoms with Crippen LogP contribution in [0.1, 0.15) is 44.3 Å². The lowest BCUT2D eigenvalue weighted by Crippen LogP contribution is -2.15. The van der Waals surface area contributed by atoms with Crippen LogP contribution in [-0.4, -0.2) is 12.1 Å². The zero-order valence-corrected chi connectivity index (χ0v) is 14.6. The summed E-state index contributed by atoms with van der Waals surface area (Å²) in [4.78, 5) is 4.63. The van der Waals surface area contributed by atoms with Gasteiger partial charge in [0.05, 0.1) is 7.11 Å². The van der Waals surface area contributed by atoms with Gasteiger partial charge in [-0.2, -0.15) is 0 Å². The Morgan fingerprint density at radius 3 is 2.86 bits per heavy atom. The molecular weight excluding hydrogens is 377 g/mol. The molecule has 0 saturated heterocycles. The summed E-state index contributed by atoms with van der Waals surface area (Å²) in [6.45, 7) is 2.33. The summed E-state index contributed by atoms with van der Waals surface area (Å²) >= 11 is 2.30. The number of methoxy groups -OCH3 is 1. The third-order valence-corrected chi connectivity index (χ3v) is 5.15. The molecule has 1 aliphatic rings. The summed E-state index contributed by atoms with van der Waals surface area (Å²) in [7, 11) is 1.67. The van der Waals surface area contributed by atoms with Crippen molar-refractivity contribution < 1.29 is 9.15 Å². The molecule has 2 unspecified atom stereocenters. The Hall–Kier alpha value is -1.04. The SMILES string of the molecule is COc1cccc(-c2nc(I)c(C3CCCCC3C)o2)c1. The molecule has 2 atom stereocenters. The maximum Gasteiger partial charge on any atom is 0.227 e. The Morgan fingerprint density at radius 1 is 1.29 bits per heavy atom. The van der Waals surface area contributed by atoms with Crippen LogP contribution in [0.4, 0.5) is 0 Å². The van der Waals surface area contributed by atoms with E-state index in [1.807, 2.05) is 24.3 Å². The van der Waals surface area contributed by atoms with E-state index in [4.69, 9.17) is 9.15 Å². The van der Waals surface area contributed by atoms with Gasteiger partial charge in [-0.15, -0.1) is 0 Å². The van der Waals surface area contributed by atoms with Gasteiger partial charge in [0.1, 0.15) is 15.2 Å². The van der Waals surface area contributed by atoms with Crippen molar-refractivity contribution >= 4 is 22.6 Å². The van der Waals surface area contributed by atoms with E-state index in [2.05, 4.69) is 34.5 Å². The van der Waals surface area contributed by atoms with E-state index in [-0.39, 0.29) is 0 Å². The van der Waals surface area contributed by atoms with Crippen molar-refractivity contribution in [3.8, 4) is 17.2 Å². The predicted molar refractivity (Wildman–Crippen MR) is 91.6 cm³/mol. The van der Waals surface area contributed by atoms with Crippen molar-refractivity contribution in [1.29, 1.82) is 0 Å². The summed E-state index contributed by atoms with van der Waals surface area (Å²) in [5.74, 6) is 3.79. The molecule has 1 aromatic heterocycles. The zero-order valence-electron chi connectivity index (χ0n) is 12.4. The van der Waals surface area contributed by atoms with Crippen LogP contribution < -0.4 is 4.74 Å². The van der Waals surface area contributed by atoms with E-state index in [1.54, 1.807) is 7.11 Å². The number of nitrogens with zero attached hydrogens (tertiary/aromatic N) is 1. The van der Waals surface area contributed by atoms with Crippen LogP contribution in [0.3, 0.4) is 0 Å². The standard InChI is InChI=1S/C17H20INO2/c1-11-6-3-4-9-14(11)15-16(18)19-17(21-15)12-7-5-8-13(10-12)20-2/h5,7-8,10-11,14H,3-4,6,9H2,1-2H3. The lowest BCUT2D eigenvalue weighted by atomic mass is 9.79. The van der Waals surface area contributed by atoms with Gasteiger partial charge < -0.3 is 9.15 Å². The lowest BCUT2D eigenvalue weighted by Gasteiger charge is -2.26. The molecule has 1 saturated carbocycles. The van der Waals surface area contributed by atoms with E-state index in [9.17, 15) is 0 Å².